The zero-order valence-electron chi connectivity index (χ0n) is 10.1. The third-order valence-corrected chi connectivity index (χ3v) is 2.67. The number of rotatable bonds is 4. The average Bonchev–Trinajstić information content (AvgIpc) is 2.69. The average molecular weight is 232 g/mol. The molecule has 1 aromatic carbocycles. The first kappa shape index (κ1) is 11.6. The van der Waals surface area contributed by atoms with Gasteiger partial charge in [-0.15, -0.1) is 0 Å². The van der Waals surface area contributed by atoms with Gasteiger partial charge in [-0.05, 0) is 26.0 Å². The summed E-state index contributed by atoms with van der Waals surface area (Å²) in [6.45, 7) is 4.29. The van der Waals surface area contributed by atoms with Crippen LogP contribution in [0, 0.1) is 6.92 Å². The zero-order chi connectivity index (χ0) is 12.3. The molecular weight excluding hydrogens is 216 g/mol. The van der Waals surface area contributed by atoms with Gasteiger partial charge in [-0.3, -0.25) is 9.89 Å². The topological polar surface area (TPSA) is 55.0 Å². The van der Waals surface area contributed by atoms with Crippen LogP contribution in [0.25, 0.3) is 10.9 Å². The molecule has 17 heavy (non-hydrogen) atoms. The van der Waals surface area contributed by atoms with Gasteiger partial charge in [-0.2, -0.15) is 5.10 Å². The lowest BCUT2D eigenvalue weighted by atomic mass is 10.1. The van der Waals surface area contributed by atoms with Crippen LogP contribution in [-0.2, 0) is 16.0 Å². The third kappa shape index (κ3) is 2.64. The number of nitrogens with zero attached hydrogens (tertiary/aromatic N) is 1. The lowest BCUT2D eigenvalue weighted by molar-refractivity contribution is -0.143. The Hall–Kier alpha value is -1.84. The van der Waals surface area contributed by atoms with E-state index >= 15 is 0 Å². The van der Waals surface area contributed by atoms with E-state index in [-0.39, 0.29) is 5.97 Å². The second-order valence-electron chi connectivity index (χ2n) is 4.03. The molecule has 0 unspecified atom stereocenters. The molecule has 1 heterocycles. The van der Waals surface area contributed by atoms with Gasteiger partial charge in [0.1, 0.15) is 0 Å². The summed E-state index contributed by atoms with van der Waals surface area (Å²) in [4.78, 5) is 11.3. The Labute approximate surface area is 100.0 Å². The largest absolute Gasteiger partial charge is 0.466 e. The lowest BCUT2D eigenvalue weighted by Crippen LogP contribution is -2.05. The van der Waals surface area contributed by atoms with Gasteiger partial charge in [0.05, 0.1) is 18.5 Å². The highest BCUT2D eigenvalue weighted by Gasteiger charge is 2.08. The molecule has 0 saturated heterocycles. The van der Waals surface area contributed by atoms with E-state index in [1.807, 2.05) is 26.0 Å². The van der Waals surface area contributed by atoms with Crippen LogP contribution in [0.4, 0.5) is 0 Å². The fourth-order valence-electron chi connectivity index (χ4n) is 1.83. The highest BCUT2D eigenvalue weighted by molar-refractivity contribution is 5.82. The second kappa shape index (κ2) is 4.99. The summed E-state index contributed by atoms with van der Waals surface area (Å²) in [5.74, 6) is -0.164. The van der Waals surface area contributed by atoms with Crippen molar-refractivity contribution in [2.75, 3.05) is 6.61 Å². The fraction of sp³-hybridized carbons (Fsp3) is 0.385. The van der Waals surface area contributed by atoms with E-state index in [1.165, 1.54) is 5.56 Å². The highest BCUT2D eigenvalue weighted by atomic mass is 16.5. The second-order valence-corrected chi connectivity index (χ2v) is 4.03. The van der Waals surface area contributed by atoms with E-state index in [0.717, 1.165) is 16.6 Å². The molecule has 4 nitrogen and oxygen atoms in total. The standard InChI is InChI=1S/C13H16N2O2/c1-3-17-13(16)7-6-12-10-8-9(2)4-5-11(10)14-15-12/h4-5,8H,3,6-7H2,1-2H3,(H,14,15). The van der Waals surface area contributed by atoms with Gasteiger partial charge in [-0.1, -0.05) is 11.6 Å². The highest BCUT2D eigenvalue weighted by Crippen LogP contribution is 2.18. The Bertz CT molecular complexity index is 531. The fourth-order valence-corrected chi connectivity index (χ4v) is 1.83. The number of ether oxygens (including phenoxy) is 1. The maximum Gasteiger partial charge on any atom is 0.306 e. The van der Waals surface area contributed by atoms with E-state index in [4.69, 9.17) is 4.74 Å². The number of fused-ring (bicyclic) bond motifs is 1. The van der Waals surface area contributed by atoms with Crippen LogP contribution in [0.2, 0.25) is 0 Å². The Morgan fingerprint density at radius 2 is 2.29 bits per heavy atom. The minimum atomic E-state index is -0.164. The Morgan fingerprint density at radius 3 is 3.06 bits per heavy atom. The van der Waals surface area contributed by atoms with E-state index in [1.54, 1.807) is 0 Å². The smallest absolute Gasteiger partial charge is 0.306 e. The van der Waals surface area contributed by atoms with Crippen LogP contribution < -0.4 is 0 Å². The lowest BCUT2D eigenvalue weighted by Gasteiger charge is -2.00. The quantitative estimate of drug-likeness (QED) is 0.823. The van der Waals surface area contributed by atoms with Crippen LogP contribution in [0.15, 0.2) is 18.2 Å². The Kier molecular flexibility index (Phi) is 3.42. The predicted molar refractivity (Wildman–Crippen MR) is 65.8 cm³/mol. The van der Waals surface area contributed by atoms with Crippen molar-refractivity contribution in [3.8, 4) is 0 Å². The Morgan fingerprint density at radius 1 is 1.47 bits per heavy atom. The number of aromatic nitrogens is 2. The van der Waals surface area contributed by atoms with E-state index in [9.17, 15) is 4.79 Å². The SMILES string of the molecule is CCOC(=O)CCc1[nH]nc2ccc(C)cc12. The van der Waals surface area contributed by atoms with Crippen molar-refractivity contribution in [3.63, 3.8) is 0 Å². The summed E-state index contributed by atoms with van der Waals surface area (Å²) in [6.07, 6.45) is 1.03. The number of carbonyl (C=O) groups is 1. The molecule has 90 valence electrons. The molecular formula is C13H16N2O2. The normalized spacial score (nSPS) is 10.7. The summed E-state index contributed by atoms with van der Waals surface area (Å²) >= 11 is 0. The molecule has 0 saturated carbocycles. The number of nitrogens with one attached hydrogen (secondary N) is 1. The van der Waals surface area contributed by atoms with Crippen LogP contribution in [0.3, 0.4) is 0 Å². The Balaban J connectivity index is 2.13. The number of benzene rings is 1. The third-order valence-electron chi connectivity index (χ3n) is 2.67. The van der Waals surface area contributed by atoms with Crippen molar-refractivity contribution in [2.45, 2.75) is 26.7 Å². The maximum atomic E-state index is 11.3. The maximum absolute atomic E-state index is 11.3. The van der Waals surface area contributed by atoms with Gasteiger partial charge in [0.15, 0.2) is 0 Å². The van der Waals surface area contributed by atoms with Crippen LogP contribution >= 0.6 is 0 Å². The van der Waals surface area contributed by atoms with Crippen LogP contribution in [0.5, 0.6) is 0 Å². The van der Waals surface area contributed by atoms with Crippen molar-refractivity contribution in [1.82, 2.24) is 10.2 Å². The minimum Gasteiger partial charge on any atom is -0.466 e. The van der Waals surface area contributed by atoms with Crippen molar-refractivity contribution in [3.05, 3.63) is 29.5 Å². The van der Waals surface area contributed by atoms with Crippen molar-refractivity contribution < 1.29 is 9.53 Å². The van der Waals surface area contributed by atoms with Crippen molar-refractivity contribution in [2.24, 2.45) is 0 Å². The molecule has 0 amide bonds. The van der Waals surface area contributed by atoms with Crippen LogP contribution in [-0.4, -0.2) is 22.8 Å². The number of aromatic amines is 1. The molecule has 0 aliphatic carbocycles. The van der Waals surface area contributed by atoms with Gasteiger partial charge in [-0.25, -0.2) is 0 Å². The monoisotopic (exact) mass is 232 g/mol. The van der Waals surface area contributed by atoms with Crippen LogP contribution in [0.1, 0.15) is 24.6 Å². The number of hydrogen-bond acceptors (Lipinski definition) is 3. The van der Waals surface area contributed by atoms with Gasteiger partial charge in [0.2, 0.25) is 0 Å². The molecule has 1 N–H and O–H groups in total. The predicted octanol–water partition coefficient (Wildman–Crippen LogP) is 2.37. The first-order chi connectivity index (χ1) is 8.20. The summed E-state index contributed by atoms with van der Waals surface area (Å²) in [5, 5.41) is 8.28. The summed E-state index contributed by atoms with van der Waals surface area (Å²) in [6, 6.07) is 6.09. The molecule has 0 atom stereocenters. The van der Waals surface area contributed by atoms with Gasteiger partial charge in [0.25, 0.3) is 0 Å². The number of hydrogen-bond donors (Lipinski definition) is 1. The van der Waals surface area contributed by atoms with Crippen molar-refractivity contribution in [1.29, 1.82) is 0 Å². The zero-order valence-corrected chi connectivity index (χ0v) is 10.1. The first-order valence-electron chi connectivity index (χ1n) is 5.80. The van der Waals surface area contributed by atoms with E-state index in [2.05, 4.69) is 16.3 Å². The molecule has 0 aliphatic heterocycles. The van der Waals surface area contributed by atoms with E-state index in [0.29, 0.717) is 19.4 Å². The number of aryl methyl sites for hydroxylation is 2. The molecule has 0 bridgehead atoms. The van der Waals surface area contributed by atoms with Gasteiger partial charge < -0.3 is 4.74 Å². The summed E-state index contributed by atoms with van der Waals surface area (Å²) in [7, 11) is 0. The van der Waals surface area contributed by atoms with Gasteiger partial charge in [0, 0.05) is 17.5 Å². The molecule has 0 aliphatic rings. The minimum absolute atomic E-state index is 0.164. The molecule has 1 aromatic heterocycles. The molecule has 0 fully saturated rings. The molecule has 2 aromatic rings. The number of H-pyrrole nitrogens is 1. The number of esters is 1. The number of carbonyl (C=O) groups excluding carboxylic acids is 1. The molecule has 0 radical (unpaired) electrons. The molecule has 4 heteroatoms. The first-order valence-corrected chi connectivity index (χ1v) is 5.80. The van der Waals surface area contributed by atoms with E-state index < -0.39 is 0 Å². The summed E-state index contributed by atoms with van der Waals surface area (Å²) in [5.41, 5.74) is 3.13. The van der Waals surface area contributed by atoms with Gasteiger partial charge >= 0.3 is 5.97 Å². The summed E-state index contributed by atoms with van der Waals surface area (Å²) < 4.78 is 4.90. The molecule has 0 spiro atoms. The molecule has 2 rings (SSSR count). The van der Waals surface area contributed by atoms with Crippen molar-refractivity contribution >= 4 is 16.9 Å².